The van der Waals surface area contributed by atoms with Gasteiger partial charge in [0.15, 0.2) is 0 Å². The van der Waals surface area contributed by atoms with Gasteiger partial charge in [0.25, 0.3) is 5.91 Å². The molecule has 0 atom stereocenters. The second kappa shape index (κ2) is 4.06. The summed E-state index contributed by atoms with van der Waals surface area (Å²) in [5.74, 6) is 1.48. The molecular formula is C9H7BrN2O. The van der Waals surface area contributed by atoms with Gasteiger partial charge in [0, 0.05) is 6.20 Å². The second-order valence-corrected chi connectivity index (χ2v) is 3.20. The Kier molecular flexibility index (Phi) is 3.04. The summed E-state index contributed by atoms with van der Waals surface area (Å²) in [6.45, 7) is 1.88. The largest absolute Gasteiger partial charge is 0.313 e. The van der Waals surface area contributed by atoms with Crippen molar-refractivity contribution in [1.29, 1.82) is 0 Å². The van der Waals surface area contributed by atoms with Crippen molar-refractivity contribution in [3.63, 3.8) is 0 Å². The highest BCUT2D eigenvalue weighted by Gasteiger charge is 2.03. The quantitative estimate of drug-likeness (QED) is 0.598. The van der Waals surface area contributed by atoms with Gasteiger partial charge < -0.3 is 5.32 Å². The first-order valence-corrected chi connectivity index (χ1v) is 4.32. The van der Waals surface area contributed by atoms with E-state index in [4.69, 9.17) is 6.42 Å². The fraction of sp³-hybridized carbons (Fsp3) is 0.111. The predicted molar refractivity (Wildman–Crippen MR) is 54.1 cm³/mol. The van der Waals surface area contributed by atoms with E-state index in [0.717, 1.165) is 5.56 Å². The molecule has 66 valence electrons. The number of nitrogens with zero attached hydrogens (tertiary/aromatic N) is 1. The highest BCUT2D eigenvalue weighted by molar-refractivity contribution is 9.10. The summed E-state index contributed by atoms with van der Waals surface area (Å²) < 4.78 is 0.571. The van der Waals surface area contributed by atoms with Crippen LogP contribution in [0.1, 0.15) is 5.56 Å². The molecule has 1 aromatic rings. The minimum absolute atomic E-state index is 0.479. The van der Waals surface area contributed by atoms with E-state index in [9.17, 15) is 4.79 Å². The van der Waals surface area contributed by atoms with Gasteiger partial charge >= 0.3 is 0 Å². The van der Waals surface area contributed by atoms with Gasteiger partial charge in [0.2, 0.25) is 0 Å². The molecule has 0 spiro atoms. The van der Waals surface area contributed by atoms with E-state index in [1.165, 1.54) is 0 Å². The van der Waals surface area contributed by atoms with Crippen LogP contribution in [0.4, 0.5) is 5.69 Å². The van der Waals surface area contributed by atoms with Gasteiger partial charge in [0.1, 0.15) is 4.60 Å². The molecule has 1 heterocycles. The summed E-state index contributed by atoms with van der Waals surface area (Å²) in [6.07, 6.45) is 6.60. The molecule has 0 aromatic carbocycles. The number of terminal acetylenes is 1. The lowest BCUT2D eigenvalue weighted by Crippen LogP contribution is -2.09. The summed E-state index contributed by atoms with van der Waals surface area (Å²) >= 11 is 3.19. The summed E-state index contributed by atoms with van der Waals surface area (Å²) in [5.41, 5.74) is 1.54. The fourth-order valence-corrected chi connectivity index (χ4v) is 1.11. The maximum atomic E-state index is 10.8. The number of amides is 1. The first-order valence-electron chi connectivity index (χ1n) is 3.53. The molecule has 0 unspecified atom stereocenters. The molecule has 0 saturated carbocycles. The molecule has 0 radical (unpaired) electrons. The third kappa shape index (κ3) is 2.56. The van der Waals surface area contributed by atoms with E-state index in [2.05, 4.69) is 26.2 Å². The zero-order valence-electron chi connectivity index (χ0n) is 6.97. The van der Waals surface area contributed by atoms with E-state index in [-0.39, 0.29) is 0 Å². The Hall–Kier alpha value is -1.34. The molecule has 4 heteroatoms. The maximum Gasteiger partial charge on any atom is 0.300 e. The summed E-state index contributed by atoms with van der Waals surface area (Å²) in [6, 6.07) is 1.78. The smallest absolute Gasteiger partial charge is 0.300 e. The zero-order valence-corrected chi connectivity index (χ0v) is 8.55. The Balaban J connectivity index is 2.95. The molecule has 0 bridgehead atoms. The van der Waals surface area contributed by atoms with Crippen molar-refractivity contribution in [2.24, 2.45) is 0 Å². The molecule has 3 nitrogen and oxygen atoms in total. The van der Waals surface area contributed by atoms with Crippen LogP contribution in [0.5, 0.6) is 0 Å². The lowest BCUT2D eigenvalue weighted by Gasteiger charge is -2.03. The van der Waals surface area contributed by atoms with Crippen LogP contribution >= 0.6 is 15.9 Å². The molecular weight excluding hydrogens is 232 g/mol. The Morgan fingerprint density at radius 3 is 3.08 bits per heavy atom. The van der Waals surface area contributed by atoms with Gasteiger partial charge in [-0.05, 0) is 40.4 Å². The van der Waals surface area contributed by atoms with E-state index >= 15 is 0 Å². The van der Waals surface area contributed by atoms with Crippen LogP contribution in [0.25, 0.3) is 0 Å². The highest BCUT2D eigenvalue weighted by Crippen LogP contribution is 2.19. The highest BCUT2D eigenvalue weighted by atomic mass is 79.9. The van der Waals surface area contributed by atoms with Crippen molar-refractivity contribution >= 4 is 27.5 Å². The lowest BCUT2D eigenvalue weighted by molar-refractivity contribution is -0.111. The van der Waals surface area contributed by atoms with E-state index in [0.29, 0.717) is 10.3 Å². The maximum absolute atomic E-state index is 10.8. The molecule has 1 rings (SSSR count). The monoisotopic (exact) mass is 238 g/mol. The van der Waals surface area contributed by atoms with E-state index in [1.807, 2.05) is 12.8 Å². The number of carbonyl (C=O) groups is 1. The molecule has 0 fully saturated rings. The summed E-state index contributed by atoms with van der Waals surface area (Å²) in [4.78, 5) is 14.8. The first kappa shape index (κ1) is 9.75. The molecule has 13 heavy (non-hydrogen) atoms. The van der Waals surface area contributed by atoms with Crippen molar-refractivity contribution in [2.45, 2.75) is 6.92 Å². The predicted octanol–water partition coefficient (Wildman–Crippen LogP) is 1.72. The number of rotatable bonds is 1. The Labute approximate surface area is 84.7 Å². The zero-order chi connectivity index (χ0) is 9.84. The van der Waals surface area contributed by atoms with Crippen molar-refractivity contribution in [1.82, 2.24) is 4.98 Å². The van der Waals surface area contributed by atoms with Gasteiger partial charge in [-0.25, -0.2) is 4.98 Å². The SMILES string of the molecule is C#CC(=O)Nc1cc(C)cnc1Br. The molecule has 0 saturated heterocycles. The van der Waals surface area contributed by atoms with Gasteiger partial charge in [-0.1, -0.05) is 0 Å². The first-order chi connectivity index (χ1) is 6.13. The van der Waals surface area contributed by atoms with Crippen molar-refractivity contribution in [3.8, 4) is 12.3 Å². The molecule has 1 amide bonds. The average Bonchev–Trinajstić information content (AvgIpc) is 2.11. The number of hydrogen-bond donors (Lipinski definition) is 1. The Morgan fingerprint density at radius 2 is 2.46 bits per heavy atom. The Morgan fingerprint density at radius 1 is 1.77 bits per heavy atom. The second-order valence-electron chi connectivity index (χ2n) is 2.45. The van der Waals surface area contributed by atoms with Crippen molar-refractivity contribution < 1.29 is 4.79 Å². The van der Waals surface area contributed by atoms with Gasteiger partial charge in [0.05, 0.1) is 5.69 Å². The third-order valence-corrected chi connectivity index (χ3v) is 1.99. The Bertz CT molecular complexity index is 382. The minimum Gasteiger partial charge on any atom is -0.313 e. The standard InChI is InChI=1S/C9H7BrN2O/c1-3-8(13)12-7-4-6(2)5-11-9(7)10/h1,4-5H,2H3,(H,12,13). The van der Waals surface area contributed by atoms with Gasteiger partial charge in [-0.15, -0.1) is 6.42 Å². The number of pyridine rings is 1. The summed E-state index contributed by atoms with van der Waals surface area (Å²) in [5, 5.41) is 2.52. The number of carbonyl (C=O) groups excluding carboxylic acids is 1. The van der Waals surface area contributed by atoms with E-state index < -0.39 is 5.91 Å². The van der Waals surface area contributed by atoms with Crippen molar-refractivity contribution in [3.05, 3.63) is 22.4 Å². The molecule has 0 aliphatic carbocycles. The number of hydrogen-bond acceptors (Lipinski definition) is 2. The van der Waals surface area contributed by atoms with Gasteiger partial charge in [-0.3, -0.25) is 4.79 Å². The molecule has 0 aliphatic rings. The number of nitrogens with one attached hydrogen (secondary N) is 1. The van der Waals surface area contributed by atoms with Gasteiger partial charge in [-0.2, -0.15) is 0 Å². The lowest BCUT2D eigenvalue weighted by atomic mass is 10.3. The average molecular weight is 239 g/mol. The number of anilines is 1. The molecule has 0 aliphatic heterocycles. The van der Waals surface area contributed by atoms with Crippen molar-refractivity contribution in [2.75, 3.05) is 5.32 Å². The van der Waals surface area contributed by atoms with Crippen LogP contribution in [0.3, 0.4) is 0 Å². The minimum atomic E-state index is -0.479. The van der Waals surface area contributed by atoms with Crippen LogP contribution in [0.15, 0.2) is 16.9 Å². The van der Waals surface area contributed by atoms with Crippen LogP contribution in [0, 0.1) is 19.3 Å². The third-order valence-electron chi connectivity index (χ3n) is 1.36. The fourth-order valence-electron chi connectivity index (χ4n) is 0.799. The van der Waals surface area contributed by atoms with Crippen LogP contribution in [-0.2, 0) is 4.79 Å². The van der Waals surface area contributed by atoms with E-state index in [1.54, 1.807) is 12.3 Å². The summed E-state index contributed by atoms with van der Waals surface area (Å²) in [7, 11) is 0. The number of aryl methyl sites for hydroxylation is 1. The molecule has 1 N–H and O–H groups in total. The topological polar surface area (TPSA) is 42.0 Å². The van der Waals surface area contributed by atoms with Crippen LogP contribution < -0.4 is 5.32 Å². The van der Waals surface area contributed by atoms with Crippen LogP contribution in [0.2, 0.25) is 0 Å². The normalized spacial score (nSPS) is 9.00. The number of halogens is 1. The number of aromatic nitrogens is 1. The molecule has 1 aromatic heterocycles. The van der Waals surface area contributed by atoms with Crippen LogP contribution in [-0.4, -0.2) is 10.9 Å².